The average Bonchev–Trinajstić information content (AvgIpc) is 2.14. The normalized spacial score (nSPS) is 18.1. The van der Waals surface area contributed by atoms with Gasteiger partial charge >= 0.3 is 0 Å². The Labute approximate surface area is 54.1 Å². The first-order valence-corrected chi connectivity index (χ1v) is 3.51. The second kappa shape index (κ2) is 2.27. The molecule has 1 aliphatic rings. The summed E-state index contributed by atoms with van der Waals surface area (Å²) in [6.45, 7) is 6.98. The molecule has 0 aromatic carbocycles. The van der Waals surface area contributed by atoms with E-state index in [1.807, 2.05) is 11.6 Å². The van der Waals surface area contributed by atoms with Crippen LogP contribution in [0.3, 0.4) is 0 Å². The van der Waals surface area contributed by atoms with Crippen LogP contribution in [0.1, 0.15) is 6.92 Å². The summed E-state index contributed by atoms with van der Waals surface area (Å²) >= 11 is 1.68. The lowest BCUT2D eigenvalue weighted by Gasteiger charge is -2.11. The second-order valence-electron chi connectivity index (χ2n) is 1.58. The quantitative estimate of drug-likeness (QED) is 0.530. The topological polar surface area (TPSA) is 3.24 Å². The van der Waals surface area contributed by atoms with Crippen molar-refractivity contribution in [2.45, 2.75) is 6.92 Å². The minimum atomic E-state index is 1.03. The van der Waals surface area contributed by atoms with Crippen LogP contribution >= 0.6 is 11.8 Å². The van der Waals surface area contributed by atoms with Crippen molar-refractivity contribution in [3.8, 4) is 0 Å². The maximum atomic E-state index is 3.83. The molecule has 0 amide bonds. The van der Waals surface area contributed by atoms with E-state index in [0.717, 1.165) is 11.6 Å². The summed E-state index contributed by atoms with van der Waals surface area (Å²) in [7, 11) is 0. The molecule has 0 fully saturated rings. The Morgan fingerprint density at radius 2 is 2.62 bits per heavy atom. The van der Waals surface area contributed by atoms with Gasteiger partial charge in [0.1, 0.15) is 0 Å². The van der Waals surface area contributed by atoms with E-state index in [2.05, 4.69) is 18.4 Å². The van der Waals surface area contributed by atoms with Crippen LogP contribution in [0.15, 0.2) is 23.2 Å². The summed E-state index contributed by atoms with van der Waals surface area (Å²) < 4.78 is 0. The standard InChI is InChI=1S/C6H9NS/c1-3-7-4-5-8-6(7)2/h4-5H,2-3H2,1H3. The van der Waals surface area contributed by atoms with Gasteiger partial charge in [-0.1, -0.05) is 18.3 Å². The molecule has 0 aromatic heterocycles. The summed E-state index contributed by atoms with van der Waals surface area (Å²) in [6.07, 6.45) is 2.05. The maximum absolute atomic E-state index is 3.83. The molecule has 0 saturated carbocycles. The largest absolute Gasteiger partial charge is 0.343 e. The first kappa shape index (κ1) is 5.76. The van der Waals surface area contributed by atoms with Crippen LogP contribution in [-0.4, -0.2) is 11.4 Å². The molecule has 0 saturated heterocycles. The summed E-state index contributed by atoms with van der Waals surface area (Å²) in [5.41, 5.74) is 0. The first-order chi connectivity index (χ1) is 3.84. The zero-order chi connectivity index (χ0) is 5.98. The minimum absolute atomic E-state index is 1.03. The van der Waals surface area contributed by atoms with Gasteiger partial charge in [-0.25, -0.2) is 0 Å². The van der Waals surface area contributed by atoms with Crippen molar-refractivity contribution in [3.05, 3.63) is 23.2 Å². The van der Waals surface area contributed by atoms with Gasteiger partial charge in [0.2, 0.25) is 0 Å². The smallest absolute Gasteiger partial charge is 0.0717 e. The molecule has 0 atom stereocenters. The van der Waals surface area contributed by atoms with Gasteiger partial charge in [-0.2, -0.15) is 0 Å². The SMILES string of the molecule is C=C1SC=CN1CC. The van der Waals surface area contributed by atoms with Crippen molar-refractivity contribution in [2.24, 2.45) is 0 Å². The highest BCUT2D eigenvalue weighted by atomic mass is 32.2. The van der Waals surface area contributed by atoms with Gasteiger partial charge in [0.05, 0.1) is 5.03 Å². The van der Waals surface area contributed by atoms with E-state index in [9.17, 15) is 0 Å². The molecule has 1 heterocycles. The summed E-state index contributed by atoms with van der Waals surface area (Å²) in [5, 5.41) is 3.18. The average molecular weight is 127 g/mol. The van der Waals surface area contributed by atoms with Crippen LogP contribution in [0, 0.1) is 0 Å². The molecule has 44 valence electrons. The predicted octanol–water partition coefficient (Wildman–Crippen LogP) is 2.00. The molecule has 0 N–H and O–H groups in total. The molecule has 0 unspecified atom stereocenters. The summed E-state index contributed by atoms with van der Waals surface area (Å²) in [6, 6.07) is 0. The van der Waals surface area contributed by atoms with Gasteiger partial charge in [-0.15, -0.1) is 0 Å². The lowest BCUT2D eigenvalue weighted by Crippen LogP contribution is -2.08. The predicted molar refractivity (Wildman–Crippen MR) is 38.3 cm³/mol. The molecular weight excluding hydrogens is 118 g/mol. The first-order valence-electron chi connectivity index (χ1n) is 2.63. The van der Waals surface area contributed by atoms with Crippen LogP contribution in [0.5, 0.6) is 0 Å². The van der Waals surface area contributed by atoms with Gasteiger partial charge in [0.15, 0.2) is 0 Å². The molecule has 1 rings (SSSR count). The third-order valence-corrected chi connectivity index (χ3v) is 1.87. The monoisotopic (exact) mass is 127 g/mol. The van der Waals surface area contributed by atoms with Crippen molar-refractivity contribution < 1.29 is 0 Å². The summed E-state index contributed by atoms with van der Waals surface area (Å²) in [4.78, 5) is 2.12. The van der Waals surface area contributed by atoms with Crippen molar-refractivity contribution >= 4 is 11.8 Å². The molecular formula is C6H9NS. The number of hydrogen-bond acceptors (Lipinski definition) is 2. The Balaban J connectivity index is 2.53. The van der Waals surface area contributed by atoms with Gasteiger partial charge in [0.25, 0.3) is 0 Å². The van der Waals surface area contributed by atoms with Crippen LogP contribution in [-0.2, 0) is 0 Å². The van der Waals surface area contributed by atoms with E-state index >= 15 is 0 Å². The fourth-order valence-electron chi connectivity index (χ4n) is 0.615. The van der Waals surface area contributed by atoms with Gasteiger partial charge in [-0.05, 0) is 12.3 Å². The Bertz CT molecular complexity index is 128. The molecule has 1 aliphatic heterocycles. The lowest BCUT2D eigenvalue weighted by atomic mass is 10.6. The van der Waals surface area contributed by atoms with Crippen molar-refractivity contribution in [1.29, 1.82) is 0 Å². The molecule has 2 heteroatoms. The highest BCUT2D eigenvalue weighted by Gasteiger charge is 2.05. The summed E-state index contributed by atoms with van der Waals surface area (Å²) in [5.74, 6) is 0. The van der Waals surface area contributed by atoms with E-state index in [4.69, 9.17) is 0 Å². The maximum Gasteiger partial charge on any atom is 0.0717 e. The van der Waals surface area contributed by atoms with Gasteiger partial charge < -0.3 is 4.90 Å². The minimum Gasteiger partial charge on any atom is -0.343 e. The number of rotatable bonds is 1. The Kier molecular flexibility index (Phi) is 1.63. The van der Waals surface area contributed by atoms with Gasteiger partial charge in [-0.3, -0.25) is 0 Å². The molecule has 0 spiro atoms. The van der Waals surface area contributed by atoms with E-state index in [-0.39, 0.29) is 0 Å². The van der Waals surface area contributed by atoms with E-state index in [1.54, 1.807) is 11.8 Å². The van der Waals surface area contributed by atoms with Crippen LogP contribution < -0.4 is 0 Å². The second-order valence-corrected chi connectivity index (χ2v) is 2.56. The van der Waals surface area contributed by atoms with E-state index in [0.29, 0.717) is 0 Å². The van der Waals surface area contributed by atoms with E-state index in [1.165, 1.54) is 0 Å². The van der Waals surface area contributed by atoms with Crippen LogP contribution in [0.2, 0.25) is 0 Å². The fraction of sp³-hybridized carbons (Fsp3) is 0.333. The number of thioether (sulfide) groups is 1. The van der Waals surface area contributed by atoms with E-state index < -0.39 is 0 Å². The van der Waals surface area contributed by atoms with Crippen molar-refractivity contribution in [1.82, 2.24) is 4.90 Å². The molecule has 0 aromatic rings. The molecule has 0 aliphatic carbocycles. The zero-order valence-electron chi connectivity index (χ0n) is 4.92. The fourth-order valence-corrected chi connectivity index (χ4v) is 1.31. The van der Waals surface area contributed by atoms with Gasteiger partial charge in [0, 0.05) is 12.7 Å². The highest BCUT2D eigenvalue weighted by Crippen LogP contribution is 2.25. The Morgan fingerprint density at radius 1 is 1.88 bits per heavy atom. The van der Waals surface area contributed by atoms with Crippen LogP contribution in [0.25, 0.3) is 0 Å². The Hall–Kier alpha value is -0.370. The number of nitrogens with zero attached hydrogens (tertiary/aromatic N) is 1. The molecule has 1 nitrogen and oxygen atoms in total. The highest BCUT2D eigenvalue weighted by molar-refractivity contribution is 8.05. The third-order valence-electron chi connectivity index (χ3n) is 1.11. The van der Waals surface area contributed by atoms with Crippen molar-refractivity contribution in [3.63, 3.8) is 0 Å². The number of hydrogen-bond donors (Lipinski definition) is 0. The zero-order valence-corrected chi connectivity index (χ0v) is 5.74. The molecule has 0 bridgehead atoms. The third kappa shape index (κ3) is 0.892. The van der Waals surface area contributed by atoms with Crippen LogP contribution in [0.4, 0.5) is 0 Å². The van der Waals surface area contributed by atoms with Crippen molar-refractivity contribution in [2.75, 3.05) is 6.54 Å². The lowest BCUT2D eigenvalue weighted by molar-refractivity contribution is 0.533. The molecule has 0 radical (unpaired) electrons. The molecule has 8 heavy (non-hydrogen) atoms. The Morgan fingerprint density at radius 3 is 2.88 bits per heavy atom.